The van der Waals surface area contributed by atoms with Crippen LogP contribution in [0.4, 0.5) is 5.69 Å². The van der Waals surface area contributed by atoms with Gasteiger partial charge in [0.1, 0.15) is 13.2 Å². The summed E-state index contributed by atoms with van der Waals surface area (Å²) in [5.41, 5.74) is 3.91. The van der Waals surface area contributed by atoms with Crippen molar-refractivity contribution in [2.45, 2.75) is 18.9 Å². The molecule has 4 rings (SSSR count). The predicted octanol–water partition coefficient (Wildman–Crippen LogP) is 4.32. The smallest absolute Gasteiger partial charge is 0.163 e. The molecule has 2 aromatic carbocycles. The third kappa shape index (κ3) is 2.48. The lowest BCUT2D eigenvalue weighted by molar-refractivity contribution is 0.171. The Hall–Kier alpha value is -1.68. The Labute approximate surface area is 132 Å². The molecular formula is C17H16BrNO2. The lowest BCUT2D eigenvalue weighted by Gasteiger charge is -2.21. The second-order valence-electron chi connectivity index (χ2n) is 5.44. The maximum absolute atomic E-state index is 5.64. The summed E-state index contributed by atoms with van der Waals surface area (Å²) in [7, 11) is 0. The number of anilines is 1. The normalized spacial score (nSPS) is 19.2. The van der Waals surface area contributed by atoms with Crippen LogP contribution in [0, 0.1) is 0 Å². The van der Waals surface area contributed by atoms with E-state index in [0.29, 0.717) is 19.3 Å². The van der Waals surface area contributed by atoms with Gasteiger partial charge in [-0.05, 0) is 48.2 Å². The first-order valence-electron chi connectivity index (χ1n) is 7.24. The van der Waals surface area contributed by atoms with Crippen LogP contribution in [0.3, 0.4) is 0 Å². The van der Waals surface area contributed by atoms with E-state index in [2.05, 4.69) is 45.5 Å². The minimum Gasteiger partial charge on any atom is -0.486 e. The van der Waals surface area contributed by atoms with E-state index < -0.39 is 0 Å². The number of hydrogen-bond donors (Lipinski definition) is 1. The average molecular weight is 346 g/mol. The number of hydrogen-bond acceptors (Lipinski definition) is 3. The largest absolute Gasteiger partial charge is 0.486 e. The van der Waals surface area contributed by atoms with Gasteiger partial charge in [-0.15, -0.1) is 0 Å². The first-order chi connectivity index (χ1) is 10.3. The summed E-state index contributed by atoms with van der Waals surface area (Å²) in [6.45, 7) is 1.25. The topological polar surface area (TPSA) is 30.5 Å². The second-order valence-corrected chi connectivity index (χ2v) is 6.35. The molecule has 1 atom stereocenters. The molecule has 0 amide bonds. The number of nitrogens with one attached hydrogen (secondary N) is 1. The van der Waals surface area contributed by atoms with Gasteiger partial charge in [0.15, 0.2) is 11.5 Å². The third-order valence-electron chi connectivity index (χ3n) is 4.07. The number of aryl methyl sites for hydroxylation is 1. The van der Waals surface area contributed by atoms with Crippen molar-refractivity contribution < 1.29 is 9.47 Å². The second kappa shape index (κ2) is 5.26. The molecule has 3 nitrogen and oxygen atoms in total. The first-order valence-corrected chi connectivity index (χ1v) is 8.03. The summed E-state index contributed by atoms with van der Waals surface area (Å²) in [4.78, 5) is 0. The van der Waals surface area contributed by atoms with E-state index in [1.807, 2.05) is 12.1 Å². The minimum absolute atomic E-state index is 0.371. The van der Waals surface area contributed by atoms with E-state index in [1.165, 1.54) is 11.1 Å². The molecule has 1 unspecified atom stereocenters. The van der Waals surface area contributed by atoms with Gasteiger partial charge in [-0.2, -0.15) is 0 Å². The Bertz CT molecular complexity index is 686. The van der Waals surface area contributed by atoms with Crippen molar-refractivity contribution in [2.75, 3.05) is 18.5 Å². The average Bonchev–Trinajstić information content (AvgIpc) is 2.89. The van der Waals surface area contributed by atoms with Crippen LogP contribution in [-0.4, -0.2) is 13.2 Å². The number of halogens is 1. The molecule has 0 aromatic heterocycles. The predicted molar refractivity (Wildman–Crippen MR) is 86.3 cm³/mol. The van der Waals surface area contributed by atoms with Crippen molar-refractivity contribution in [1.29, 1.82) is 0 Å². The Morgan fingerprint density at radius 1 is 1.00 bits per heavy atom. The van der Waals surface area contributed by atoms with Gasteiger partial charge in [-0.25, -0.2) is 0 Å². The highest BCUT2D eigenvalue weighted by Crippen LogP contribution is 2.38. The number of fused-ring (bicyclic) bond motifs is 2. The molecule has 4 heteroatoms. The fraction of sp³-hybridized carbons (Fsp3) is 0.294. The Balaban J connectivity index is 1.58. The van der Waals surface area contributed by atoms with Gasteiger partial charge in [0, 0.05) is 16.2 Å². The maximum Gasteiger partial charge on any atom is 0.163 e. The van der Waals surface area contributed by atoms with Gasteiger partial charge >= 0.3 is 0 Å². The highest BCUT2D eigenvalue weighted by molar-refractivity contribution is 9.10. The maximum atomic E-state index is 5.64. The lowest BCUT2D eigenvalue weighted by Crippen LogP contribution is -2.15. The summed E-state index contributed by atoms with van der Waals surface area (Å²) in [6.07, 6.45) is 2.25. The summed E-state index contributed by atoms with van der Waals surface area (Å²) in [5, 5.41) is 3.62. The monoisotopic (exact) mass is 345 g/mol. The highest BCUT2D eigenvalue weighted by atomic mass is 79.9. The third-order valence-corrected chi connectivity index (χ3v) is 4.56. The van der Waals surface area contributed by atoms with E-state index in [0.717, 1.165) is 34.5 Å². The molecule has 1 N–H and O–H groups in total. The van der Waals surface area contributed by atoms with Crippen LogP contribution in [0.15, 0.2) is 40.9 Å². The molecule has 1 aliphatic heterocycles. The molecule has 0 bridgehead atoms. The van der Waals surface area contributed by atoms with E-state index >= 15 is 0 Å². The first kappa shape index (κ1) is 13.0. The van der Waals surface area contributed by atoms with Crippen molar-refractivity contribution in [1.82, 2.24) is 0 Å². The van der Waals surface area contributed by atoms with Crippen LogP contribution in [0.5, 0.6) is 11.5 Å². The number of benzene rings is 2. The molecule has 0 radical (unpaired) electrons. The molecule has 0 saturated heterocycles. The van der Waals surface area contributed by atoms with Crippen LogP contribution in [0.1, 0.15) is 23.6 Å². The number of rotatable bonds is 2. The van der Waals surface area contributed by atoms with Crippen LogP contribution < -0.4 is 14.8 Å². The van der Waals surface area contributed by atoms with E-state index in [4.69, 9.17) is 9.47 Å². The zero-order valence-electron chi connectivity index (χ0n) is 11.6. The molecule has 1 aliphatic carbocycles. The van der Waals surface area contributed by atoms with Gasteiger partial charge in [0.2, 0.25) is 0 Å². The van der Waals surface area contributed by atoms with Crippen LogP contribution in [0.2, 0.25) is 0 Å². The Morgan fingerprint density at radius 2 is 1.86 bits per heavy atom. The standard InChI is InChI=1S/C17H16BrNO2/c18-12-2-4-14-11(9-12)1-5-15(14)19-13-3-6-16-17(10-13)21-8-7-20-16/h2-4,6,9-10,15,19H,1,5,7-8H2. The lowest BCUT2D eigenvalue weighted by atomic mass is 10.1. The highest BCUT2D eigenvalue weighted by Gasteiger charge is 2.23. The fourth-order valence-electron chi connectivity index (χ4n) is 3.07. The summed E-state index contributed by atoms with van der Waals surface area (Å²) in [6, 6.07) is 13.0. The summed E-state index contributed by atoms with van der Waals surface area (Å²) < 4.78 is 12.4. The zero-order valence-corrected chi connectivity index (χ0v) is 13.2. The summed E-state index contributed by atoms with van der Waals surface area (Å²) in [5.74, 6) is 1.67. The zero-order chi connectivity index (χ0) is 14.2. The van der Waals surface area contributed by atoms with E-state index in [9.17, 15) is 0 Å². The van der Waals surface area contributed by atoms with E-state index in [-0.39, 0.29) is 0 Å². The molecule has 1 heterocycles. The van der Waals surface area contributed by atoms with Crippen molar-refractivity contribution in [2.24, 2.45) is 0 Å². The number of ether oxygens (including phenoxy) is 2. The Kier molecular flexibility index (Phi) is 3.26. The van der Waals surface area contributed by atoms with Crippen LogP contribution in [0.25, 0.3) is 0 Å². The molecule has 2 aliphatic rings. The van der Waals surface area contributed by atoms with Gasteiger partial charge in [0.25, 0.3) is 0 Å². The SMILES string of the molecule is Brc1ccc2c(c1)CCC2Nc1ccc2c(c1)OCCO2. The van der Waals surface area contributed by atoms with Gasteiger partial charge in [-0.1, -0.05) is 22.0 Å². The molecule has 2 aromatic rings. The Morgan fingerprint density at radius 3 is 2.76 bits per heavy atom. The quantitative estimate of drug-likeness (QED) is 0.879. The van der Waals surface area contributed by atoms with Crippen LogP contribution in [-0.2, 0) is 6.42 Å². The molecular weight excluding hydrogens is 330 g/mol. The molecule has 108 valence electrons. The molecule has 0 spiro atoms. The van der Waals surface area contributed by atoms with Crippen LogP contribution >= 0.6 is 15.9 Å². The molecule has 0 saturated carbocycles. The van der Waals surface area contributed by atoms with Crippen molar-refractivity contribution in [3.8, 4) is 11.5 Å². The van der Waals surface area contributed by atoms with Gasteiger partial charge in [0.05, 0.1) is 6.04 Å². The van der Waals surface area contributed by atoms with Gasteiger partial charge in [-0.3, -0.25) is 0 Å². The van der Waals surface area contributed by atoms with E-state index in [1.54, 1.807) is 0 Å². The minimum atomic E-state index is 0.371. The summed E-state index contributed by atoms with van der Waals surface area (Å²) >= 11 is 3.54. The van der Waals surface area contributed by atoms with Crippen molar-refractivity contribution >= 4 is 21.6 Å². The fourth-order valence-corrected chi connectivity index (χ4v) is 3.48. The molecule has 21 heavy (non-hydrogen) atoms. The van der Waals surface area contributed by atoms with Crippen molar-refractivity contribution in [3.05, 3.63) is 52.0 Å². The van der Waals surface area contributed by atoms with Crippen molar-refractivity contribution in [3.63, 3.8) is 0 Å². The molecule has 0 fully saturated rings. The van der Waals surface area contributed by atoms with Gasteiger partial charge < -0.3 is 14.8 Å².